The third-order valence-corrected chi connectivity index (χ3v) is 4.38. The van der Waals surface area contributed by atoms with E-state index >= 15 is 0 Å². The molecule has 3 aliphatic rings. The Hall–Kier alpha value is -1.05. The fraction of sp³-hybridized carbons (Fsp3) is 0.615. The number of rotatable bonds is 2. The Balaban J connectivity index is 1.71. The van der Waals surface area contributed by atoms with Crippen molar-refractivity contribution in [3.05, 3.63) is 24.8 Å². The molecule has 0 aromatic carbocycles. The summed E-state index contributed by atoms with van der Waals surface area (Å²) in [5.74, 6) is 2.66. The van der Waals surface area contributed by atoms with Gasteiger partial charge in [0.1, 0.15) is 6.10 Å². The van der Waals surface area contributed by atoms with Crippen molar-refractivity contribution in [1.29, 1.82) is 0 Å². The molecule has 0 heterocycles. The molecule has 80 valence electrons. The van der Waals surface area contributed by atoms with Crippen LogP contribution in [0.15, 0.2) is 24.8 Å². The number of fused-ring (bicyclic) bond motifs is 5. The Bertz CT molecular complexity index is 331. The number of hydrogen-bond acceptors (Lipinski definition) is 2. The summed E-state index contributed by atoms with van der Waals surface area (Å²) >= 11 is 0. The van der Waals surface area contributed by atoms with Crippen molar-refractivity contribution < 1.29 is 9.53 Å². The first-order valence-electron chi connectivity index (χ1n) is 5.79. The van der Waals surface area contributed by atoms with E-state index < -0.39 is 0 Å². The SMILES string of the molecule is C=CC(=O)O[C@H]1C[C@H]2C[C@@H]1[C@H]1CC=C[C@@H]21. The molecule has 5 atom stereocenters. The molecule has 0 unspecified atom stereocenters. The second-order valence-corrected chi connectivity index (χ2v) is 4.98. The minimum Gasteiger partial charge on any atom is -0.459 e. The fourth-order valence-electron chi connectivity index (χ4n) is 3.83. The van der Waals surface area contributed by atoms with Gasteiger partial charge in [0.25, 0.3) is 0 Å². The predicted molar refractivity (Wildman–Crippen MR) is 57.0 cm³/mol. The number of ether oxygens (including phenoxy) is 1. The summed E-state index contributed by atoms with van der Waals surface area (Å²) < 4.78 is 5.42. The molecule has 2 heteroatoms. The van der Waals surface area contributed by atoms with Crippen molar-refractivity contribution in [2.24, 2.45) is 23.7 Å². The van der Waals surface area contributed by atoms with Crippen LogP contribution in [0.1, 0.15) is 19.3 Å². The smallest absolute Gasteiger partial charge is 0.330 e. The van der Waals surface area contributed by atoms with Gasteiger partial charge in [0.15, 0.2) is 0 Å². The monoisotopic (exact) mass is 204 g/mol. The van der Waals surface area contributed by atoms with Gasteiger partial charge in [-0.3, -0.25) is 0 Å². The van der Waals surface area contributed by atoms with E-state index in [0.29, 0.717) is 5.92 Å². The minimum absolute atomic E-state index is 0.168. The Morgan fingerprint density at radius 2 is 2.27 bits per heavy atom. The lowest BCUT2D eigenvalue weighted by atomic mass is 9.80. The van der Waals surface area contributed by atoms with Crippen molar-refractivity contribution in [2.45, 2.75) is 25.4 Å². The normalized spacial score (nSPS) is 45.5. The number of carbonyl (C=O) groups is 1. The van der Waals surface area contributed by atoms with Gasteiger partial charge in [-0.1, -0.05) is 18.7 Å². The maximum absolute atomic E-state index is 11.2. The molecular formula is C13H16O2. The number of hydrogen-bond donors (Lipinski definition) is 0. The summed E-state index contributed by atoms with van der Waals surface area (Å²) in [5, 5.41) is 0. The maximum Gasteiger partial charge on any atom is 0.330 e. The Kier molecular flexibility index (Phi) is 1.98. The van der Waals surface area contributed by atoms with E-state index in [-0.39, 0.29) is 12.1 Å². The van der Waals surface area contributed by atoms with E-state index in [9.17, 15) is 4.79 Å². The fourth-order valence-corrected chi connectivity index (χ4v) is 3.83. The van der Waals surface area contributed by atoms with Crippen molar-refractivity contribution in [1.82, 2.24) is 0 Å². The van der Waals surface area contributed by atoms with Crippen molar-refractivity contribution in [2.75, 3.05) is 0 Å². The lowest BCUT2D eigenvalue weighted by molar-refractivity contribution is -0.146. The first-order chi connectivity index (χ1) is 7.29. The molecule has 15 heavy (non-hydrogen) atoms. The van der Waals surface area contributed by atoms with E-state index in [1.54, 1.807) is 0 Å². The molecule has 3 aliphatic carbocycles. The number of allylic oxidation sites excluding steroid dienone is 2. The van der Waals surface area contributed by atoms with Crippen molar-refractivity contribution in [3.63, 3.8) is 0 Å². The Labute approximate surface area is 90.0 Å². The topological polar surface area (TPSA) is 26.3 Å². The molecule has 0 spiro atoms. The lowest BCUT2D eigenvalue weighted by Gasteiger charge is -2.30. The van der Waals surface area contributed by atoms with Crippen LogP contribution in [0, 0.1) is 23.7 Å². The zero-order valence-electron chi connectivity index (χ0n) is 8.76. The van der Waals surface area contributed by atoms with Gasteiger partial charge in [-0.25, -0.2) is 4.79 Å². The Morgan fingerprint density at radius 1 is 1.40 bits per heavy atom. The van der Waals surface area contributed by atoms with E-state index in [4.69, 9.17) is 4.74 Å². The van der Waals surface area contributed by atoms with Gasteiger partial charge in [-0.15, -0.1) is 0 Å². The molecule has 0 aliphatic heterocycles. The average molecular weight is 204 g/mol. The van der Waals surface area contributed by atoms with Gasteiger partial charge in [-0.2, -0.15) is 0 Å². The van der Waals surface area contributed by atoms with Crippen molar-refractivity contribution >= 4 is 5.97 Å². The van der Waals surface area contributed by atoms with E-state index in [2.05, 4.69) is 18.7 Å². The van der Waals surface area contributed by atoms with Crippen LogP contribution in [0.25, 0.3) is 0 Å². The quantitative estimate of drug-likeness (QED) is 0.392. The standard InChI is InChI=1S/C13H16O2/c1-2-13(14)15-12-7-8-6-11(12)10-5-3-4-9(8)10/h2-4,8-12H,1,5-7H2/t8-,9+,10+,11-,12+/m1/s1. The highest BCUT2D eigenvalue weighted by Gasteiger charge is 2.53. The summed E-state index contributed by atoms with van der Waals surface area (Å²) in [6, 6.07) is 0. The summed E-state index contributed by atoms with van der Waals surface area (Å²) in [7, 11) is 0. The van der Waals surface area contributed by atoms with Crippen LogP contribution < -0.4 is 0 Å². The van der Waals surface area contributed by atoms with Gasteiger partial charge in [0.05, 0.1) is 0 Å². The molecule has 0 radical (unpaired) electrons. The van der Waals surface area contributed by atoms with Crippen LogP contribution in [0.2, 0.25) is 0 Å². The molecule has 2 saturated carbocycles. The van der Waals surface area contributed by atoms with E-state index in [1.165, 1.54) is 18.9 Å². The zero-order chi connectivity index (χ0) is 10.4. The predicted octanol–water partition coefficient (Wildman–Crippen LogP) is 2.32. The number of carbonyl (C=O) groups excluding carboxylic acids is 1. The van der Waals surface area contributed by atoms with Gasteiger partial charge in [0, 0.05) is 6.08 Å². The summed E-state index contributed by atoms with van der Waals surface area (Å²) in [5.41, 5.74) is 0. The molecular weight excluding hydrogens is 188 g/mol. The molecule has 0 saturated heterocycles. The second kappa shape index (κ2) is 3.22. The van der Waals surface area contributed by atoms with E-state index in [1.807, 2.05) is 0 Å². The molecule has 2 bridgehead atoms. The lowest BCUT2D eigenvalue weighted by Crippen LogP contribution is -2.31. The average Bonchev–Trinajstić information content (AvgIpc) is 2.87. The maximum atomic E-state index is 11.2. The zero-order valence-corrected chi connectivity index (χ0v) is 8.76. The molecule has 0 N–H and O–H groups in total. The van der Waals surface area contributed by atoms with Crippen LogP contribution in [-0.4, -0.2) is 12.1 Å². The van der Waals surface area contributed by atoms with Gasteiger partial charge in [-0.05, 0) is 42.9 Å². The van der Waals surface area contributed by atoms with Crippen LogP contribution >= 0.6 is 0 Å². The minimum atomic E-state index is -0.255. The third kappa shape index (κ3) is 1.27. The van der Waals surface area contributed by atoms with Gasteiger partial charge in [0.2, 0.25) is 0 Å². The van der Waals surface area contributed by atoms with Crippen LogP contribution in [0.5, 0.6) is 0 Å². The molecule has 2 nitrogen and oxygen atoms in total. The molecule has 3 rings (SSSR count). The summed E-state index contributed by atoms with van der Waals surface area (Å²) in [4.78, 5) is 11.2. The largest absolute Gasteiger partial charge is 0.459 e. The van der Waals surface area contributed by atoms with Crippen LogP contribution in [0.4, 0.5) is 0 Å². The van der Waals surface area contributed by atoms with E-state index in [0.717, 1.165) is 24.2 Å². The highest BCUT2D eigenvalue weighted by molar-refractivity contribution is 5.81. The highest BCUT2D eigenvalue weighted by atomic mass is 16.5. The summed E-state index contributed by atoms with van der Waals surface area (Å²) in [6.07, 6.45) is 9.63. The summed E-state index contributed by atoms with van der Waals surface area (Å²) in [6.45, 7) is 3.44. The molecule has 0 amide bonds. The van der Waals surface area contributed by atoms with Gasteiger partial charge < -0.3 is 4.74 Å². The first kappa shape index (κ1) is 9.20. The van der Waals surface area contributed by atoms with Gasteiger partial charge >= 0.3 is 5.97 Å². The Morgan fingerprint density at radius 3 is 3.07 bits per heavy atom. The van der Waals surface area contributed by atoms with Crippen molar-refractivity contribution in [3.8, 4) is 0 Å². The number of esters is 1. The van der Waals surface area contributed by atoms with Crippen LogP contribution in [0.3, 0.4) is 0 Å². The van der Waals surface area contributed by atoms with Crippen LogP contribution in [-0.2, 0) is 9.53 Å². The second-order valence-electron chi connectivity index (χ2n) is 4.98. The highest BCUT2D eigenvalue weighted by Crippen LogP contribution is 2.57. The molecule has 0 aromatic rings. The molecule has 0 aromatic heterocycles. The third-order valence-electron chi connectivity index (χ3n) is 4.38. The molecule has 2 fully saturated rings. The first-order valence-corrected chi connectivity index (χ1v) is 5.79.